The number of terminal acetylenes is 1. The van der Waals surface area contributed by atoms with E-state index < -0.39 is 5.60 Å². The summed E-state index contributed by atoms with van der Waals surface area (Å²) in [7, 11) is 5.32. The van der Waals surface area contributed by atoms with Crippen molar-refractivity contribution >= 4 is 0 Å². The van der Waals surface area contributed by atoms with Crippen LogP contribution in [-0.2, 0) is 16.6 Å². The summed E-state index contributed by atoms with van der Waals surface area (Å²) in [4.78, 5) is 2.74. The third kappa shape index (κ3) is 6.95. The van der Waals surface area contributed by atoms with E-state index in [9.17, 15) is 5.11 Å². The third-order valence-corrected chi connectivity index (χ3v) is 10.3. The first kappa shape index (κ1) is 33.5. The molecule has 0 radical (unpaired) electrons. The molecule has 1 heterocycles. The Morgan fingerprint density at radius 2 is 1.74 bits per heavy atom. The lowest BCUT2D eigenvalue weighted by Crippen LogP contribution is -2.58. The van der Waals surface area contributed by atoms with Crippen molar-refractivity contribution in [3.63, 3.8) is 0 Å². The molecule has 0 bridgehead atoms. The number of piperidine rings is 1. The summed E-state index contributed by atoms with van der Waals surface area (Å²) in [5.41, 5.74) is 1.50. The fraction of sp³-hybridized carbons (Fsp3) is 0.765. The molecule has 39 heavy (non-hydrogen) atoms. The maximum Gasteiger partial charge on any atom is 0.164 e. The number of hydrogen-bond acceptors (Lipinski definition) is 5. The zero-order chi connectivity index (χ0) is 29.6. The number of likely N-dealkylation sites (tertiary alicyclic amines) is 1. The molecule has 0 aromatic heterocycles. The number of methoxy groups -OCH3 is 3. The molecule has 1 N–H and O–H groups in total. The van der Waals surface area contributed by atoms with Crippen LogP contribution >= 0.6 is 0 Å². The van der Waals surface area contributed by atoms with Gasteiger partial charge in [0.1, 0.15) is 0 Å². The fourth-order valence-electron chi connectivity index (χ4n) is 6.95. The Morgan fingerprint density at radius 3 is 2.23 bits per heavy atom. The van der Waals surface area contributed by atoms with Crippen LogP contribution in [-0.4, -0.2) is 62.7 Å². The van der Waals surface area contributed by atoms with Gasteiger partial charge in [-0.15, -0.1) is 12.8 Å². The molecule has 1 saturated heterocycles. The second-order valence-electron chi connectivity index (χ2n) is 13.2. The first-order valence-corrected chi connectivity index (χ1v) is 14.9. The third-order valence-electron chi connectivity index (χ3n) is 10.3. The van der Waals surface area contributed by atoms with Crippen LogP contribution in [0.5, 0.6) is 11.5 Å². The van der Waals surface area contributed by atoms with Crippen molar-refractivity contribution in [3.8, 4) is 24.3 Å². The van der Waals surface area contributed by atoms with Gasteiger partial charge >= 0.3 is 0 Å². The molecule has 3 rings (SSSR count). The molecular formula is C34H57NO4. The Morgan fingerprint density at radius 1 is 1.10 bits per heavy atom. The second-order valence-corrected chi connectivity index (χ2v) is 13.2. The van der Waals surface area contributed by atoms with E-state index >= 15 is 0 Å². The highest BCUT2D eigenvalue weighted by molar-refractivity contribution is 5.55. The summed E-state index contributed by atoms with van der Waals surface area (Å²) in [5, 5.41) is 11.8. The number of hydrogen-bond donors (Lipinski definition) is 1. The molecule has 5 atom stereocenters. The molecule has 4 unspecified atom stereocenters. The smallest absolute Gasteiger partial charge is 0.164 e. The average Bonchev–Trinajstić information content (AvgIpc) is 3.74. The predicted molar refractivity (Wildman–Crippen MR) is 163 cm³/mol. The predicted octanol–water partition coefficient (Wildman–Crippen LogP) is 6.73. The number of rotatable bonds is 12. The quantitative estimate of drug-likeness (QED) is 0.296. The van der Waals surface area contributed by atoms with Gasteiger partial charge in [-0.25, -0.2) is 0 Å². The SMILES string of the molecule is C#C.CCc1ccc(OC)c(OC)c1C1(CCOC)CCN(CC2CC2)C(C)C1CC(C)[C@](C)(O)C(C)(C)C. The van der Waals surface area contributed by atoms with Crippen LogP contribution in [0.15, 0.2) is 12.1 Å². The Labute approximate surface area is 240 Å². The average molecular weight is 544 g/mol. The van der Waals surface area contributed by atoms with Crippen molar-refractivity contribution in [1.29, 1.82) is 0 Å². The van der Waals surface area contributed by atoms with Crippen LogP contribution in [0.3, 0.4) is 0 Å². The maximum atomic E-state index is 11.8. The van der Waals surface area contributed by atoms with E-state index in [1.165, 1.54) is 30.5 Å². The molecule has 2 fully saturated rings. The van der Waals surface area contributed by atoms with E-state index in [0.29, 0.717) is 18.6 Å². The fourth-order valence-corrected chi connectivity index (χ4v) is 6.95. The molecule has 5 nitrogen and oxygen atoms in total. The van der Waals surface area contributed by atoms with Gasteiger partial charge in [0.2, 0.25) is 0 Å². The summed E-state index contributed by atoms with van der Waals surface area (Å²) < 4.78 is 17.8. The molecule has 222 valence electrons. The molecule has 1 aliphatic heterocycles. The summed E-state index contributed by atoms with van der Waals surface area (Å²) in [5.74, 6) is 2.99. The van der Waals surface area contributed by atoms with E-state index in [2.05, 4.69) is 71.4 Å². The Hall–Kier alpha value is -1.74. The maximum absolute atomic E-state index is 11.8. The van der Waals surface area contributed by atoms with Gasteiger partial charge < -0.3 is 24.2 Å². The van der Waals surface area contributed by atoms with Gasteiger partial charge in [0.15, 0.2) is 11.5 Å². The molecule has 1 saturated carbocycles. The van der Waals surface area contributed by atoms with E-state index in [4.69, 9.17) is 14.2 Å². The minimum Gasteiger partial charge on any atom is -0.493 e. The van der Waals surface area contributed by atoms with Crippen LogP contribution < -0.4 is 9.47 Å². The van der Waals surface area contributed by atoms with Crippen molar-refractivity contribution < 1.29 is 19.3 Å². The zero-order valence-corrected chi connectivity index (χ0v) is 26.6. The lowest BCUT2D eigenvalue weighted by Gasteiger charge is -2.55. The van der Waals surface area contributed by atoms with Gasteiger partial charge in [0.25, 0.3) is 0 Å². The number of aryl methyl sites for hydroxylation is 1. The van der Waals surface area contributed by atoms with Crippen LogP contribution in [0.2, 0.25) is 0 Å². The van der Waals surface area contributed by atoms with Gasteiger partial charge in [-0.05, 0) is 93.7 Å². The standard InChI is InChI=1S/C32H55NO4.C2H2/c1-11-25-14-15-27(36-9)29(37-10)28(25)32(17-19-35-8)16-18-33(21-24-12-13-24)23(3)26(32)20-22(2)31(7,34)30(4,5)6;1-2/h14-15,22-24,26,34H,11-13,16-21H2,1-10H3;1-2H/t22?,23?,26?,31-,32?;/m0./s1. The first-order valence-electron chi connectivity index (χ1n) is 14.9. The summed E-state index contributed by atoms with van der Waals surface area (Å²) in [6, 6.07) is 4.68. The van der Waals surface area contributed by atoms with Crippen LogP contribution in [0.4, 0.5) is 0 Å². The highest BCUT2D eigenvalue weighted by atomic mass is 16.5. The minimum absolute atomic E-state index is 0.129. The molecule has 1 aromatic rings. The molecule has 2 aliphatic rings. The summed E-state index contributed by atoms with van der Waals surface area (Å²) >= 11 is 0. The number of benzene rings is 1. The lowest BCUT2D eigenvalue weighted by atomic mass is 9.56. The number of ether oxygens (including phenoxy) is 3. The van der Waals surface area contributed by atoms with Crippen molar-refractivity contribution in [1.82, 2.24) is 4.90 Å². The van der Waals surface area contributed by atoms with E-state index in [1.807, 2.05) is 14.0 Å². The Kier molecular flexibility index (Phi) is 11.8. The van der Waals surface area contributed by atoms with Gasteiger partial charge in [0.05, 0.1) is 19.8 Å². The van der Waals surface area contributed by atoms with Gasteiger partial charge in [-0.2, -0.15) is 0 Å². The molecule has 5 heteroatoms. The van der Waals surface area contributed by atoms with E-state index in [-0.39, 0.29) is 16.7 Å². The first-order chi connectivity index (χ1) is 18.4. The normalized spacial score (nSPS) is 26.2. The van der Waals surface area contributed by atoms with Crippen molar-refractivity contribution in [2.45, 2.75) is 104 Å². The van der Waals surface area contributed by atoms with E-state index in [0.717, 1.165) is 49.6 Å². The zero-order valence-electron chi connectivity index (χ0n) is 26.6. The number of nitrogens with zero attached hydrogens (tertiary/aromatic N) is 1. The largest absolute Gasteiger partial charge is 0.493 e. The lowest BCUT2D eigenvalue weighted by molar-refractivity contribution is -0.102. The van der Waals surface area contributed by atoms with Crippen LogP contribution in [0, 0.1) is 36.0 Å². The van der Waals surface area contributed by atoms with Crippen molar-refractivity contribution in [2.24, 2.45) is 23.2 Å². The molecule has 0 spiro atoms. The highest BCUT2D eigenvalue weighted by Crippen LogP contribution is 2.55. The van der Waals surface area contributed by atoms with Crippen LogP contribution in [0.25, 0.3) is 0 Å². The Bertz CT molecular complexity index is 929. The molecule has 1 aliphatic carbocycles. The monoisotopic (exact) mass is 543 g/mol. The van der Waals surface area contributed by atoms with Crippen molar-refractivity contribution in [3.05, 3.63) is 23.3 Å². The second kappa shape index (κ2) is 13.7. The van der Waals surface area contributed by atoms with Gasteiger partial charge in [-0.1, -0.05) is 40.7 Å². The highest BCUT2D eigenvalue weighted by Gasteiger charge is 2.53. The van der Waals surface area contributed by atoms with Gasteiger partial charge in [-0.3, -0.25) is 0 Å². The summed E-state index contributed by atoms with van der Waals surface area (Å²) in [6.45, 7) is 18.4. The minimum atomic E-state index is -0.787. The van der Waals surface area contributed by atoms with Crippen LogP contribution in [0.1, 0.15) is 91.7 Å². The Balaban J connectivity index is 0.00000260. The molecular weight excluding hydrogens is 486 g/mol. The summed E-state index contributed by atoms with van der Waals surface area (Å²) in [6.07, 6.45) is 14.6. The molecule has 1 aromatic carbocycles. The number of aliphatic hydroxyl groups is 1. The van der Waals surface area contributed by atoms with Crippen molar-refractivity contribution in [2.75, 3.05) is 41.0 Å². The van der Waals surface area contributed by atoms with Gasteiger partial charge in [0, 0.05) is 37.3 Å². The van der Waals surface area contributed by atoms with E-state index in [1.54, 1.807) is 14.2 Å². The topological polar surface area (TPSA) is 51.2 Å². The molecule has 0 amide bonds.